The molecule has 1 saturated heterocycles. The van der Waals surface area contributed by atoms with Gasteiger partial charge in [0.2, 0.25) is 0 Å². The van der Waals surface area contributed by atoms with E-state index in [0.717, 1.165) is 38.7 Å². The minimum absolute atomic E-state index is 0. The molecule has 1 fully saturated rings. The fourth-order valence-electron chi connectivity index (χ4n) is 4.82. The number of piperidine rings is 1. The molecule has 1 radical (unpaired) electrons. The molecule has 1 unspecified atom stereocenters. The summed E-state index contributed by atoms with van der Waals surface area (Å²) in [4.78, 5) is 2.23. The lowest BCUT2D eigenvalue weighted by Gasteiger charge is -2.43. The highest BCUT2D eigenvalue weighted by Gasteiger charge is 2.35. The maximum atomic E-state index is 14.2. The summed E-state index contributed by atoms with van der Waals surface area (Å²) < 4.78 is 34.2. The van der Waals surface area contributed by atoms with Crippen LogP contribution in [0, 0.1) is 23.0 Å². The zero-order valence-electron chi connectivity index (χ0n) is 26.8. The molecule has 0 saturated carbocycles. The van der Waals surface area contributed by atoms with Crippen molar-refractivity contribution in [3.05, 3.63) is 35.4 Å². The fraction of sp³-hybridized carbons (Fsp3) is 0.806. The Hall–Kier alpha value is -0.315. The maximum Gasteiger partial charge on any atom is 0.293 e. The first-order valence-corrected chi connectivity index (χ1v) is 15.0. The quantitative estimate of drug-likeness (QED) is 0.0984. The van der Waals surface area contributed by atoms with E-state index in [1.807, 2.05) is 35.2 Å². The molecule has 0 amide bonds. The molecule has 0 aliphatic carbocycles. The second-order valence-corrected chi connectivity index (χ2v) is 14.9. The Morgan fingerprint density at radius 3 is 1.98 bits per heavy atom. The van der Waals surface area contributed by atoms with E-state index in [-0.39, 0.29) is 53.1 Å². The van der Waals surface area contributed by atoms with Crippen molar-refractivity contribution >= 4 is 33.6 Å². The van der Waals surface area contributed by atoms with Gasteiger partial charge in [-0.3, -0.25) is 10.2 Å². The summed E-state index contributed by atoms with van der Waals surface area (Å²) in [5.41, 5.74) is 0.222. The summed E-state index contributed by atoms with van der Waals surface area (Å²) in [6.45, 7) is 22.8. The van der Waals surface area contributed by atoms with Crippen molar-refractivity contribution in [2.75, 3.05) is 19.8 Å². The zero-order chi connectivity index (χ0) is 30.1. The van der Waals surface area contributed by atoms with E-state index in [2.05, 4.69) is 64.4 Å². The van der Waals surface area contributed by atoms with Crippen LogP contribution in [0.4, 0.5) is 8.78 Å². The third kappa shape index (κ3) is 13.3. The monoisotopic (exact) mass is 603 g/mol. The number of nitrogens with one attached hydrogen (secondary N) is 1. The van der Waals surface area contributed by atoms with Gasteiger partial charge in [0.15, 0.2) is 0 Å². The molecule has 2 rings (SSSR count). The van der Waals surface area contributed by atoms with Gasteiger partial charge in [0.25, 0.3) is 7.48 Å². The predicted molar refractivity (Wildman–Crippen MR) is 176 cm³/mol. The number of likely N-dealkylation sites (tertiary alicyclic amines) is 1. The van der Waals surface area contributed by atoms with Crippen LogP contribution in [0.1, 0.15) is 113 Å². The van der Waals surface area contributed by atoms with Crippen LogP contribution in [-0.2, 0) is 4.65 Å². The summed E-state index contributed by atoms with van der Waals surface area (Å²) in [5, 5.41) is 11.1. The highest BCUT2D eigenvalue weighted by atomic mass is 32.1. The highest BCUT2D eigenvalue weighted by Crippen LogP contribution is 2.41. The lowest BCUT2D eigenvalue weighted by molar-refractivity contribution is 0.0700. The molecule has 1 heterocycles. The van der Waals surface area contributed by atoms with Gasteiger partial charge >= 0.3 is 0 Å². The first-order valence-electron chi connectivity index (χ1n) is 14.6. The second kappa shape index (κ2) is 17.1. The molecule has 9 heteroatoms. The van der Waals surface area contributed by atoms with Gasteiger partial charge in [-0.2, -0.15) is 26.1 Å². The molecular formula is C31H58BF2N2O2S2. The second-order valence-electron chi connectivity index (χ2n) is 13.8. The summed E-state index contributed by atoms with van der Waals surface area (Å²) in [6, 6.07) is 3.91. The van der Waals surface area contributed by atoms with Crippen LogP contribution >= 0.6 is 26.1 Å². The van der Waals surface area contributed by atoms with Crippen molar-refractivity contribution in [2.45, 2.75) is 130 Å². The van der Waals surface area contributed by atoms with Crippen LogP contribution in [0.25, 0.3) is 0 Å². The van der Waals surface area contributed by atoms with E-state index >= 15 is 0 Å². The van der Waals surface area contributed by atoms with Crippen LogP contribution in [0.2, 0.25) is 6.32 Å². The molecule has 4 nitrogen and oxygen atoms in total. The Morgan fingerprint density at radius 2 is 1.55 bits per heavy atom. The summed E-state index contributed by atoms with van der Waals surface area (Å²) >= 11 is 4.64. The Labute approximate surface area is 257 Å². The Kier molecular flexibility index (Phi) is 17.0. The number of rotatable bonds is 12. The Morgan fingerprint density at radius 1 is 1.02 bits per heavy atom. The molecule has 1 aromatic carbocycles. The Balaban J connectivity index is 0.00000168. The van der Waals surface area contributed by atoms with Crippen LogP contribution in [0.15, 0.2) is 18.2 Å². The standard InChI is InChI=1S/C26H43BF2NOS.C5H13NO.H2S/c1-19(23-21(28)11-10-12-22(23)29)30-17-13-20(14-18-30)24(2,3)15-8-9-16-27-31-25(4,5)26(6,7)32;1-5(2,3)6-4-7;/h10-12,19-20,32H,8-9,13-18H2,1-7H3;6-7H,4H2,1-3H3;1H2. The molecule has 40 heavy (non-hydrogen) atoms. The molecule has 2 N–H and O–H groups in total. The number of hydrogen-bond acceptors (Lipinski definition) is 5. The summed E-state index contributed by atoms with van der Waals surface area (Å²) in [5.74, 6) is -0.246. The first-order chi connectivity index (χ1) is 17.8. The van der Waals surface area contributed by atoms with Gasteiger partial charge in [-0.1, -0.05) is 39.1 Å². The number of aliphatic hydroxyl groups excluding tert-OH is 1. The van der Waals surface area contributed by atoms with E-state index in [0.29, 0.717) is 5.92 Å². The smallest absolute Gasteiger partial charge is 0.293 e. The Bertz CT molecular complexity index is 832. The van der Waals surface area contributed by atoms with Crippen LogP contribution in [0.5, 0.6) is 0 Å². The number of unbranched alkanes of at least 4 members (excludes halogenated alkanes) is 1. The zero-order valence-corrected chi connectivity index (χ0v) is 28.7. The number of nitrogens with zero attached hydrogens (tertiary/aromatic N) is 1. The molecule has 1 aliphatic rings. The molecule has 1 atom stereocenters. The summed E-state index contributed by atoms with van der Waals surface area (Å²) in [7, 11) is 1.95. The van der Waals surface area contributed by atoms with Crippen molar-refractivity contribution < 1.29 is 18.5 Å². The number of halogens is 2. The van der Waals surface area contributed by atoms with E-state index < -0.39 is 11.6 Å². The molecule has 0 bridgehead atoms. The highest BCUT2D eigenvalue weighted by molar-refractivity contribution is 7.81. The van der Waals surface area contributed by atoms with Gasteiger partial charge in [-0.05, 0) is 111 Å². The van der Waals surface area contributed by atoms with E-state index in [4.69, 9.17) is 9.76 Å². The lowest BCUT2D eigenvalue weighted by Crippen LogP contribution is -2.44. The minimum Gasteiger partial charge on any atom is -0.434 e. The SMILES string of the molecule is CC(C)(C)NCO.CC(c1c(F)cccc1F)N1CCC(C(C)(C)CCCC[B]OC(C)(C)C(C)(C)S)CC1.S. The largest absolute Gasteiger partial charge is 0.434 e. The summed E-state index contributed by atoms with van der Waals surface area (Å²) in [6.07, 6.45) is 6.59. The molecule has 1 aliphatic heterocycles. The van der Waals surface area contributed by atoms with E-state index in [1.54, 1.807) is 0 Å². The van der Waals surface area contributed by atoms with Crippen LogP contribution in [-0.4, -0.2) is 53.2 Å². The van der Waals surface area contributed by atoms with Crippen molar-refractivity contribution in [3.63, 3.8) is 0 Å². The van der Waals surface area contributed by atoms with Crippen molar-refractivity contribution in [1.29, 1.82) is 0 Å². The molecule has 0 spiro atoms. The molecule has 233 valence electrons. The third-order valence-electron chi connectivity index (χ3n) is 8.45. The topological polar surface area (TPSA) is 44.7 Å². The maximum absolute atomic E-state index is 14.2. The van der Waals surface area contributed by atoms with E-state index in [1.165, 1.54) is 31.0 Å². The predicted octanol–water partition coefficient (Wildman–Crippen LogP) is 7.91. The van der Waals surface area contributed by atoms with Crippen molar-refractivity contribution in [3.8, 4) is 0 Å². The molecule has 0 aromatic heterocycles. The van der Waals surface area contributed by atoms with Gasteiger partial charge in [0.1, 0.15) is 11.6 Å². The van der Waals surface area contributed by atoms with Crippen LogP contribution in [0.3, 0.4) is 0 Å². The van der Waals surface area contributed by atoms with Gasteiger partial charge in [0, 0.05) is 21.9 Å². The lowest BCUT2D eigenvalue weighted by atomic mass is 9.70. The van der Waals surface area contributed by atoms with Crippen molar-refractivity contribution in [1.82, 2.24) is 10.2 Å². The minimum atomic E-state index is -0.443. The van der Waals surface area contributed by atoms with Crippen molar-refractivity contribution in [2.24, 2.45) is 11.3 Å². The average Bonchev–Trinajstić information content (AvgIpc) is 2.80. The fourth-order valence-corrected chi connectivity index (χ4v) is 4.87. The first kappa shape index (κ1) is 39.7. The van der Waals surface area contributed by atoms with Crippen LogP contribution < -0.4 is 5.32 Å². The number of aliphatic hydroxyl groups is 1. The number of thiol groups is 1. The normalized spacial score (nSPS) is 16.6. The molecule has 1 aromatic rings. The average molecular weight is 604 g/mol. The van der Waals surface area contributed by atoms with Gasteiger partial charge in [-0.25, -0.2) is 8.78 Å². The third-order valence-corrected chi connectivity index (χ3v) is 8.99. The van der Waals surface area contributed by atoms with Gasteiger partial charge in [-0.15, -0.1) is 0 Å². The van der Waals surface area contributed by atoms with E-state index in [9.17, 15) is 8.78 Å². The van der Waals surface area contributed by atoms with Gasteiger partial charge < -0.3 is 9.76 Å². The van der Waals surface area contributed by atoms with Gasteiger partial charge in [0.05, 0.1) is 12.3 Å². The number of hydrogen-bond donors (Lipinski definition) is 3. The number of benzene rings is 1. The molecular weight excluding hydrogens is 545 g/mol.